The first kappa shape index (κ1) is 20.6. The molecule has 0 bridgehead atoms. The standard InChI is InChI=1S/C18H19ClO5S2/c1-4-23-18(20)12(2)24-13-5-7-14(8-6-13)25-17-10-9-15(11-16(17)19)26(3,21)22/h5-12H,4H2,1-3H3. The van der Waals surface area contributed by atoms with Gasteiger partial charge in [-0.2, -0.15) is 0 Å². The number of carbonyl (C=O) groups is 1. The second-order valence-corrected chi connectivity index (χ2v) is 8.99. The van der Waals surface area contributed by atoms with Gasteiger partial charge >= 0.3 is 5.97 Å². The molecule has 0 amide bonds. The summed E-state index contributed by atoms with van der Waals surface area (Å²) in [7, 11) is -3.29. The number of halogens is 1. The molecule has 1 unspecified atom stereocenters. The lowest BCUT2D eigenvalue weighted by Gasteiger charge is -2.13. The van der Waals surface area contributed by atoms with E-state index in [-0.39, 0.29) is 4.90 Å². The van der Waals surface area contributed by atoms with E-state index < -0.39 is 21.9 Å². The van der Waals surface area contributed by atoms with Crippen molar-refractivity contribution in [3.8, 4) is 5.75 Å². The summed E-state index contributed by atoms with van der Waals surface area (Å²) >= 11 is 7.59. The Morgan fingerprint density at radius 2 is 1.85 bits per heavy atom. The topological polar surface area (TPSA) is 69.7 Å². The van der Waals surface area contributed by atoms with E-state index in [1.54, 1.807) is 32.0 Å². The second-order valence-electron chi connectivity index (χ2n) is 5.45. The van der Waals surface area contributed by atoms with Crippen LogP contribution in [0.3, 0.4) is 0 Å². The van der Waals surface area contributed by atoms with Gasteiger partial charge in [-0.15, -0.1) is 0 Å². The van der Waals surface area contributed by atoms with Crippen LogP contribution >= 0.6 is 23.4 Å². The van der Waals surface area contributed by atoms with Gasteiger partial charge in [0.1, 0.15) is 5.75 Å². The molecule has 8 heteroatoms. The summed E-state index contributed by atoms with van der Waals surface area (Å²) in [6, 6.07) is 11.8. The highest BCUT2D eigenvalue weighted by Gasteiger charge is 2.16. The average Bonchev–Trinajstić information content (AvgIpc) is 2.57. The number of benzene rings is 2. The van der Waals surface area contributed by atoms with E-state index in [2.05, 4.69) is 0 Å². The van der Waals surface area contributed by atoms with Crippen molar-refractivity contribution in [2.45, 2.75) is 34.6 Å². The Hall–Kier alpha value is -1.70. The van der Waals surface area contributed by atoms with Gasteiger partial charge in [-0.1, -0.05) is 23.4 Å². The lowest BCUT2D eigenvalue weighted by atomic mass is 10.3. The summed E-state index contributed by atoms with van der Waals surface area (Å²) in [5.74, 6) is 0.136. The minimum atomic E-state index is -3.29. The first-order chi connectivity index (χ1) is 12.2. The molecule has 2 rings (SSSR count). The molecular weight excluding hydrogens is 396 g/mol. The fraction of sp³-hybridized carbons (Fsp3) is 0.278. The van der Waals surface area contributed by atoms with Gasteiger partial charge in [-0.05, 0) is 56.3 Å². The van der Waals surface area contributed by atoms with Crippen molar-refractivity contribution in [1.29, 1.82) is 0 Å². The molecule has 2 aromatic rings. The van der Waals surface area contributed by atoms with Crippen molar-refractivity contribution in [3.63, 3.8) is 0 Å². The smallest absolute Gasteiger partial charge is 0.347 e. The summed E-state index contributed by atoms with van der Waals surface area (Å²) in [5, 5.41) is 0.370. The third kappa shape index (κ3) is 5.65. The van der Waals surface area contributed by atoms with Gasteiger partial charge in [-0.3, -0.25) is 0 Å². The molecule has 26 heavy (non-hydrogen) atoms. The first-order valence-electron chi connectivity index (χ1n) is 7.81. The van der Waals surface area contributed by atoms with Gasteiger partial charge in [0.15, 0.2) is 15.9 Å². The molecule has 0 aliphatic heterocycles. The number of carbonyl (C=O) groups excluding carboxylic acids is 1. The molecule has 140 valence electrons. The van der Waals surface area contributed by atoms with Crippen LogP contribution in [0, 0.1) is 0 Å². The van der Waals surface area contributed by atoms with Crippen molar-refractivity contribution >= 4 is 39.2 Å². The Kier molecular flexibility index (Phi) is 6.97. The van der Waals surface area contributed by atoms with E-state index in [1.807, 2.05) is 12.1 Å². The Morgan fingerprint density at radius 1 is 1.19 bits per heavy atom. The Morgan fingerprint density at radius 3 is 2.38 bits per heavy atom. The molecule has 0 fully saturated rings. The van der Waals surface area contributed by atoms with Gasteiger partial charge in [0.25, 0.3) is 0 Å². The van der Waals surface area contributed by atoms with E-state index >= 15 is 0 Å². The molecule has 0 saturated carbocycles. The number of sulfone groups is 1. The van der Waals surface area contributed by atoms with Crippen LogP contribution in [0.1, 0.15) is 13.8 Å². The molecule has 0 aromatic heterocycles. The van der Waals surface area contributed by atoms with Gasteiger partial charge in [0.2, 0.25) is 0 Å². The summed E-state index contributed by atoms with van der Waals surface area (Å²) < 4.78 is 33.5. The van der Waals surface area contributed by atoms with E-state index in [4.69, 9.17) is 21.1 Å². The zero-order valence-corrected chi connectivity index (χ0v) is 17.0. The number of hydrogen-bond donors (Lipinski definition) is 0. The first-order valence-corrected chi connectivity index (χ1v) is 10.9. The van der Waals surface area contributed by atoms with Crippen molar-refractivity contribution in [3.05, 3.63) is 47.5 Å². The van der Waals surface area contributed by atoms with E-state index in [0.717, 1.165) is 16.0 Å². The molecule has 0 radical (unpaired) electrons. The highest BCUT2D eigenvalue weighted by molar-refractivity contribution is 7.99. The van der Waals surface area contributed by atoms with Gasteiger partial charge in [0.05, 0.1) is 16.5 Å². The maximum atomic E-state index is 11.6. The van der Waals surface area contributed by atoms with Crippen molar-refractivity contribution in [2.75, 3.05) is 12.9 Å². The summed E-state index contributed by atoms with van der Waals surface area (Å²) in [4.78, 5) is 13.4. The fourth-order valence-corrected chi connectivity index (χ4v) is 3.85. The average molecular weight is 415 g/mol. The van der Waals surface area contributed by atoms with Crippen LogP contribution in [0.2, 0.25) is 5.02 Å². The molecule has 0 spiro atoms. The molecule has 0 heterocycles. The van der Waals surface area contributed by atoms with Crippen molar-refractivity contribution < 1.29 is 22.7 Å². The summed E-state index contributed by atoms with van der Waals surface area (Å²) in [6.07, 6.45) is 0.452. The maximum Gasteiger partial charge on any atom is 0.347 e. The van der Waals surface area contributed by atoms with E-state index in [1.165, 1.54) is 23.9 Å². The van der Waals surface area contributed by atoms with Crippen LogP contribution in [0.4, 0.5) is 0 Å². The molecule has 0 N–H and O–H groups in total. The lowest BCUT2D eigenvalue weighted by Crippen LogP contribution is -2.25. The predicted octanol–water partition coefficient (Wildman–Crippen LogP) is 4.23. The van der Waals surface area contributed by atoms with Crippen LogP contribution < -0.4 is 4.74 Å². The second kappa shape index (κ2) is 8.79. The molecule has 1 atom stereocenters. The monoisotopic (exact) mass is 414 g/mol. The van der Waals surface area contributed by atoms with Crippen LogP contribution in [0.15, 0.2) is 57.2 Å². The van der Waals surface area contributed by atoms with Gasteiger partial charge in [-0.25, -0.2) is 13.2 Å². The Labute approximate surface area is 162 Å². The SMILES string of the molecule is CCOC(=O)C(C)Oc1ccc(Sc2ccc(S(C)(=O)=O)cc2Cl)cc1. The largest absolute Gasteiger partial charge is 0.479 e. The van der Waals surface area contributed by atoms with Crippen LogP contribution in [0.5, 0.6) is 5.75 Å². The highest BCUT2D eigenvalue weighted by Crippen LogP contribution is 2.35. The van der Waals surface area contributed by atoms with Crippen LogP contribution in [-0.4, -0.2) is 33.4 Å². The molecular formula is C18H19ClO5S2. The van der Waals surface area contributed by atoms with Crippen LogP contribution in [-0.2, 0) is 19.4 Å². The number of hydrogen-bond acceptors (Lipinski definition) is 6. The Bertz CT molecular complexity index is 879. The quantitative estimate of drug-likeness (QED) is 0.631. The number of esters is 1. The zero-order valence-electron chi connectivity index (χ0n) is 14.6. The minimum Gasteiger partial charge on any atom is -0.479 e. The number of rotatable bonds is 7. The van der Waals surface area contributed by atoms with Gasteiger partial charge < -0.3 is 9.47 Å². The van der Waals surface area contributed by atoms with E-state index in [0.29, 0.717) is 17.4 Å². The van der Waals surface area contributed by atoms with E-state index in [9.17, 15) is 13.2 Å². The minimum absolute atomic E-state index is 0.184. The van der Waals surface area contributed by atoms with Crippen LogP contribution in [0.25, 0.3) is 0 Å². The fourth-order valence-electron chi connectivity index (χ4n) is 2.02. The summed E-state index contributed by atoms with van der Waals surface area (Å²) in [6.45, 7) is 3.68. The lowest BCUT2D eigenvalue weighted by molar-refractivity contribution is -0.150. The molecule has 0 aliphatic rings. The zero-order chi connectivity index (χ0) is 19.3. The highest BCUT2D eigenvalue weighted by atomic mass is 35.5. The van der Waals surface area contributed by atoms with Gasteiger partial charge in [0, 0.05) is 16.0 Å². The van der Waals surface area contributed by atoms with Crippen molar-refractivity contribution in [2.24, 2.45) is 0 Å². The Balaban J connectivity index is 2.06. The number of ether oxygens (including phenoxy) is 2. The third-order valence-corrected chi connectivity index (χ3v) is 5.93. The van der Waals surface area contributed by atoms with Crippen molar-refractivity contribution in [1.82, 2.24) is 0 Å². The molecule has 0 aliphatic carbocycles. The third-order valence-electron chi connectivity index (χ3n) is 3.31. The molecule has 0 saturated heterocycles. The maximum absolute atomic E-state index is 11.6. The molecule has 2 aromatic carbocycles. The normalized spacial score (nSPS) is 12.5. The predicted molar refractivity (Wildman–Crippen MR) is 102 cm³/mol. The summed E-state index contributed by atoms with van der Waals surface area (Å²) in [5.41, 5.74) is 0. The molecule has 5 nitrogen and oxygen atoms in total.